The summed E-state index contributed by atoms with van der Waals surface area (Å²) in [5, 5.41) is 0. The summed E-state index contributed by atoms with van der Waals surface area (Å²) >= 11 is 6.20. The Kier molecular flexibility index (Phi) is 2.70. The Morgan fingerprint density at radius 1 is 1.27 bits per heavy atom. The Hall–Kier alpha value is 0.110. The van der Waals surface area contributed by atoms with Crippen LogP contribution in [-0.2, 0) is 4.58 Å². The van der Waals surface area contributed by atoms with E-state index in [1.165, 1.54) is 6.92 Å². The average molecular weight is 282 g/mol. The fourth-order valence-electron chi connectivity index (χ4n) is 0.743. The average Bonchev–Trinajstić information content (AvgIpc) is 1.86. The molecule has 1 atom stereocenters. The fraction of sp³-hybridized carbons (Fsp3) is 0.250. The van der Waals surface area contributed by atoms with Crippen LogP contribution in [0.4, 0.5) is 4.39 Å². The van der Waals surface area contributed by atoms with Crippen LogP contribution in [0.1, 0.15) is 12.5 Å². The van der Waals surface area contributed by atoms with Gasteiger partial charge < -0.3 is 0 Å². The van der Waals surface area contributed by atoms with Crippen molar-refractivity contribution in [1.29, 1.82) is 0 Å². The van der Waals surface area contributed by atoms with E-state index in [1.807, 2.05) is 12.1 Å². The summed E-state index contributed by atoms with van der Waals surface area (Å²) in [5.41, 5.74) is 0.626. The van der Waals surface area contributed by atoms with Crippen molar-refractivity contribution in [3.05, 3.63) is 34.3 Å². The topological polar surface area (TPSA) is 0 Å². The molecule has 0 fully saturated rings. The molecule has 0 saturated heterocycles. The standard InChI is InChI=1S/C8H7Br2F/c1-8(10,11)6-2-4-7(9)5-3-6/h2-5H,1H3. The van der Waals surface area contributed by atoms with E-state index >= 15 is 0 Å². The molecule has 0 aliphatic rings. The fourth-order valence-corrected chi connectivity index (χ4v) is 1.27. The molecule has 0 nitrogen and oxygen atoms in total. The Balaban J connectivity index is 2.99. The van der Waals surface area contributed by atoms with E-state index in [0.717, 1.165) is 4.47 Å². The maximum Gasteiger partial charge on any atom is 0.187 e. The summed E-state index contributed by atoms with van der Waals surface area (Å²) in [6, 6.07) is 7.10. The highest BCUT2D eigenvalue weighted by Crippen LogP contribution is 2.32. The van der Waals surface area contributed by atoms with Crippen LogP contribution in [0.2, 0.25) is 0 Å². The SMILES string of the molecule is CC(F)(Br)c1ccc(Br)cc1. The van der Waals surface area contributed by atoms with Crippen LogP contribution in [0.25, 0.3) is 0 Å². The van der Waals surface area contributed by atoms with E-state index in [0.29, 0.717) is 5.56 Å². The first-order valence-corrected chi connectivity index (χ1v) is 4.72. The van der Waals surface area contributed by atoms with Crippen LogP contribution in [0, 0.1) is 0 Å². The minimum absolute atomic E-state index is 0.626. The van der Waals surface area contributed by atoms with Gasteiger partial charge in [0.05, 0.1) is 0 Å². The summed E-state index contributed by atoms with van der Waals surface area (Å²) in [7, 11) is 0. The zero-order valence-electron chi connectivity index (χ0n) is 5.94. The predicted octanol–water partition coefficient (Wildman–Crippen LogP) is 3.99. The van der Waals surface area contributed by atoms with Crippen molar-refractivity contribution in [1.82, 2.24) is 0 Å². The molecule has 0 bridgehead atoms. The molecule has 0 aliphatic carbocycles. The molecule has 0 aromatic heterocycles. The van der Waals surface area contributed by atoms with Crippen LogP contribution >= 0.6 is 31.9 Å². The molecule has 0 radical (unpaired) electrons. The quantitative estimate of drug-likeness (QED) is 0.683. The van der Waals surface area contributed by atoms with Crippen molar-refractivity contribution < 1.29 is 4.39 Å². The van der Waals surface area contributed by atoms with Gasteiger partial charge in [0.1, 0.15) is 0 Å². The van der Waals surface area contributed by atoms with Gasteiger partial charge in [-0.1, -0.05) is 28.1 Å². The van der Waals surface area contributed by atoms with Crippen molar-refractivity contribution in [2.24, 2.45) is 0 Å². The first-order chi connectivity index (χ1) is 5.00. The van der Waals surface area contributed by atoms with Crippen LogP contribution < -0.4 is 0 Å². The van der Waals surface area contributed by atoms with Gasteiger partial charge in [-0.2, -0.15) is 0 Å². The summed E-state index contributed by atoms with van der Waals surface area (Å²) in [5.74, 6) is 0. The molecular weight excluding hydrogens is 275 g/mol. The summed E-state index contributed by atoms with van der Waals surface area (Å²) < 4.78 is 12.7. The van der Waals surface area contributed by atoms with Crippen molar-refractivity contribution in [3.63, 3.8) is 0 Å². The molecule has 0 N–H and O–H groups in total. The number of benzene rings is 1. The predicted molar refractivity (Wildman–Crippen MR) is 51.5 cm³/mol. The lowest BCUT2D eigenvalue weighted by Gasteiger charge is -2.11. The van der Waals surface area contributed by atoms with Gasteiger partial charge in [0, 0.05) is 4.47 Å². The van der Waals surface area contributed by atoms with Gasteiger partial charge in [-0.25, -0.2) is 4.39 Å². The minimum atomic E-state index is -1.42. The van der Waals surface area contributed by atoms with Gasteiger partial charge in [-0.3, -0.25) is 0 Å². The third-order valence-corrected chi connectivity index (χ3v) is 2.34. The van der Waals surface area contributed by atoms with Crippen LogP contribution in [0.5, 0.6) is 0 Å². The van der Waals surface area contributed by atoms with E-state index in [-0.39, 0.29) is 0 Å². The molecule has 60 valence electrons. The lowest BCUT2D eigenvalue weighted by atomic mass is 10.1. The van der Waals surface area contributed by atoms with Crippen molar-refractivity contribution in [2.45, 2.75) is 11.5 Å². The lowest BCUT2D eigenvalue weighted by Crippen LogP contribution is -2.03. The molecule has 0 amide bonds. The monoisotopic (exact) mass is 280 g/mol. The Bertz CT molecular complexity index is 235. The first-order valence-electron chi connectivity index (χ1n) is 3.14. The Morgan fingerprint density at radius 3 is 2.09 bits per heavy atom. The van der Waals surface area contributed by atoms with E-state index in [9.17, 15) is 4.39 Å². The Labute approximate surface area is 82.1 Å². The Morgan fingerprint density at radius 2 is 1.73 bits per heavy atom. The third-order valence-electron chi connectivity index (χ3n) is 1.35. The summed E-state index contributed by atoms with van der Waals surface area (Å²) in [4.78, 5) is 0. The highest BCUT2D eigenvalue weighted by molar-refractivity contribution is 9.10. The zero-order valence-corrected chi connectivity index (χ0v) is 9.12. The van der Waals surface area contributed by atoms with E-state index in [2.05, 4.69) is 31.9 Å². The molecule has 11 heavy (non-hydrogen) atoms. The zero-order chi connectivity index (χ0) is 8.48. The van der Waals surface area contributed by atoms with Gasteiger partial charge >= 0.3 is 0 Å². The summed E-state index contributed by atoms with van der Waals surface area (Å²) in [6.07, 6.45) is 0. The van der Waals surface area contributed by atoms with Gasteiger partial charge in [0.2, 0.25) is 0 Å². The maximum atomic E-state index is 13.2. The third kappa shape index (κ3) is 2.56. The molecule has 0 spiro atoms. The van der Waals surface area contributed by atoms with Crippen LogP contribution in [0.3, 0.4) is 0 Å². The van der Waals surface area contributed by atoms with Crippen molar-refractivity contribution >= 4 is 31.9 Å². The first kappa shape index (κ1) is 9.20. The number of hydrogen-bond acceptors (Lipinski definition) is 0. The van der Waals surface area contributed by atoms with Crippen LogP contribution in [-0.4, -0.2) is 0 Å². The molecule has 1 unspecified atom stereocenters. The minimum Gasteiger partial charge on any atom is -0.226 e. The highest BCUT2D eigenvalue weighted by Gasteiger charge is 2.20. The molecule has 0 heterocycles. The van der Waals surface area contributed by atoms with Gasteiger partial charge in [0.15, 0.2) is 4.58 Å². The van der Waals surface area contributed by atoms with E-state index in [4.69, 9.17) is 0 Å². The molecule has 0 aliphatic heterocycles. The molecule has 1 aromatic rings. The number of alkyl halides is 2. The van der Waals surface area contributed by atoms with Gasteiger partial charge in [-0.05, 0) is 40.5 Å². The maximum absolute atomic E-state index is 13.2. The van der Waals surface area contributed by atoms with Crippen molar-refractivity contribution in [2.75, 3.05) is 0 Å². The van der Waals surface area contributed by atoms with E-state index < -0.39 is 4.58 Å². The second kappa shape index (κ2) is 3.23. The number of halogens is 3. The molecule has 3 heteroatoms. The normalized spacial score (nSPS) is 16.0. The van der Waals surface area contributed by atoms with Crippen molar-refractivity contribution in [3.8, 4) is 0 Å². The van der Waals surface area contributed by atoms with Crippen LogP contribution in [0.15, 0.2) is 28.7 Å². The molecule has 0 saturated carbocycles. The smallest absolute Gasteiger partial charge is 0.187 e. The second-order valence-electron chi connectivity index (χ2n) is 2.40. The van der Waals surface area contributed by atoms with Gasteiger partial charge in [0.25, 0.3) is 0 Å². The molecule has 1 rings (SSSR count). The lowest BCUT2D eigenvalue weighted by molar-refractivity contribution is 0.335. The van der Waals surface area contributed by atoms with E-state index in [1.54, 1.807) is 12.1 Å². The molecular formula is C8H7Br2F. The number of hydrogen-bond donors (Lipinski definition) is 0. The molecule has 1 aromatic carbocycles. The van der Waals surface area contributed by atoms with Gasteiger partial charge in [-0.15, -0.1) is 0 Å². The number of rotatable bonds is 1. The highest BCUT2D eigenvalue weighted by atomic mass is 79.9. The second-order valence-corrected chi connectivity index (χ2v) is 4.80. The summed E-state index contributed by atoms with van der Waals surface area (Å²) in [6.45, 7) is 1.47. The largest absolute Gasteiger partial charge is 0.226 e.